The third kappa shape index (κ3) is 2.12. The number of aliphatic hydroxyl groups excluding tert-OH is 2. The summed E-state index contributed by atoms with van der Waals surface area (Å²) in [5.41, 5.74) is 6.47. The van der Waals surface area contributed by atoms with Crippen LogP contribution in [0, 0.1) is 6.92 Å². The Balaban J connectivity index is 3.07. The summed E-state index contributed by atoms with van der Waals surface area (Å²) in [6.07, 6.45) is -0.937. The van der Waals surface area contributed by atoms with E-state index in [1.807, 2.05) is 0 Å². The number of nitrogen functional groups attached to an aromatic ring is 1. The van der Waals surface area contributed by atoms with Crippen LogP contribution in [0.25, 0.3) is 0 Å². The van der Waals surface area contributed by atoms with Crippen molar-refractivity contribution < 1.29 is 10.2 Å². The molecule has 4 N–H and O–H groups in total. The van der Waals surface area contributed by atoms with Crippen LogP contribution in [0.5, 0.6) is 0 Å². The van der Waals surface area contributed by atoms with Gasteiger partial charge >= 0.3 is 0 Å². The second kappa shape index (κ2) is 4.26. The first-order valence-corrected chi connectivity index (χ1v) is 4.31. The van der Waals surface area contributed by atoms with Gasteiger partial charge in [-0.25, -0.2) is 0 Å². The standard InChI is InChI=1S/C9H14N2O3/c1-6-8(10)2-3-9(14)11(6)4-7(13)5-12/h2-3,7,12-13H,4-5,10H2,1H3. The molecule has 0 saturated heterocycles. The van der Waals surface area contributed by atoms with Gasteiger partial charge in [0, 0.05) is 11.8 Å². The average molecular weight is 198 g/mol. The van der Waals surface area contributed by atoms with E-state index in [1.165, 1.54) is 16.7 Å². The monoisotopic (exact) mass is 198 g/mol. The predicted molar refractivity (Wildman–Crippen MR) is 52.9 cm³/mol. The van der Waals surface area contributed by atoms with Gasteiger partial charge in [-0.05, 0) is 13.0 Å². The number of nitrogens with zero attached hydrogens (tertiary/aromatic N) is 1. The molecule has 0 aliphatic rings. The van der Waals surface area contributed by atoms with Crippen molar-refractivity contribution in [1.29, 1.82) is 0 Å². The van der Waals surface area contributed by atoms with E-state index in [0.717, 1.165) is 0 Å². The Hall–Kier alpha value is -1.33. The number of hydrogen-bond donors (Lipinski definition) is 3. The Kier molecular flexibility index (Phi) is 3.27. The Morgan fingerprint density at radius 1 is 1.57 bits per heavy atom. The lowest BCUT2D eigenvalue weighted by molar-refractivity contribution is 0.0799. The number of aliphatic hydroxyl groups is 2. The topological polar surface area (TPSA) is 88.5 Å². The minimum atomic E-state index is -0.937. The van der Waals surface area contributed by atoms with Crippen LogP contribution in [0.2, 0.25) is 0 Å². The summed E-state index contributed by atoms with van der Waals surface area (Å²) in [4.78, 5) is 11.4. The third-order valence-electron chi connectivity index (χ3n) is 2.10. The summed E-state index contributed by atoms with van der Waals surface area (Å²) < 4.78 is 1.34. The maximum atomic E-state index is 11.4. The van der Waals surface area contributed by atoms with Crippen molar-refractivity contribution in [3.8, 4) is 0 Å². The van der Waals surface area contributed by atoms with Crippen molar-refractivity contribution in [3.05, 3.63) is 28.2 Å². The van der Waals surface area contributed by atoms with E-state index < -0.39 is 6.10 Å². The van der Waals surface area contributed by atoms with Gasteiger partial charge in [0.2, 0.25) is 0 Å². The quantitative estimate of drug-likeness (QED) is 0.586. The fraction of sp³-hybridized carbons (Fsp3) is 0.444. The number of pyridine rings is 1. The van der Waals surface area contributed by atoms with Gasteiger partial charge < -0.3 is 20.5 Å². The molecule has 5 heteroatoms. The molecule has 1 aromatic heterocycles. The van der Waals surface area contributed by atoms with E-state index in [2.05, 4.69) is 0 Å². The first-order chi connectivity index (χ1) is 6.56. The maximum Gasteiger partial charge on any atom is 0.250 e. The smallest absolute Gasteiger partial charge is 0.250 e. The Bertz CT molecular complexity index is 373. The van der Waals surface area contributed by atoms with Gasteiger partial charge in [0.05, 0.1) is 24.9 Å². The van der Waals surface area contributed by atoms with Gasteiger partial charge in [-0.1, -0.05) is 0 Å². The highest BCUT2D eigenvalue weighted by atomic mass is 16.3. The summed E-state index contributed by atoms with van der Waals surface area (Å²) >= 11 is 0. The highest BCUT2D eigenvalue weighted by Gasteiger charge is 2.08. The molecule has 1 unspecified atom stereocenters. The van der Waals surface area contributed by atoms with Crippen LogP contribution in [0.4, 0.5) is 5.69 Å². The van der Waals surface area contributed by atoms with Gasteiger partial charge in [0.15, 0.2) is 0 Å². The highest BCUT2D eigenvalue weighted by Crippen LogP contribution is 2.06. The normalized spacial score (nSPS) is 12.8. The summed E-state index contributed by atoms with van der Waals surface area (Å²) in [6.45, 7) is 1.38. The molecule has 1 heterocycles. The van der Waals surface area contributed by atoms with E-state index >= 15 is 0 Å². The molecule has 0 bridgehead atoms. The molecule has 0 spiro atoms. The van der Waals surface area contributed by atoms with Crippen LogP contribution in [-0.2, 0) is 6.54 Å². The van der Waals surface area contributed by atoms with Crippen LogP contribution in [0.15, 0.2) is 16.9 Å². The van der Waals surface area contributed by atoms with E-state index in [0.29, 0.717) is 11.4 Å². The molecule has 0 aliphatic carbocycles. The molecule has 0 amide bonds. The first-order valence-electron chi connectivity index (χ1n) is 4.31. The Morgan fingerprint density at radius 2 is 2.21 bits per heavy atom. The van der Waals surface area contributed by atoms with Crippen molar-refractivity contribution in [2.45, 2.75) is 19.6 Å². The fourth-order valence-corrected chi connectivity index (χ4v) is 1.19. The highest BCUT2D eigenvalue weighted by molar-refractivity contribution is 5.41. The maximum absolute atomic E-state index is 11.4. The number of nitrogens with two attached hydrogens (primary N) is 1. The predicted octanol–water partition coefficient (Wildman–Crippen LogP) is -0.908. The molecule has 14 heavy (non-hydrogen) atoms. The third-order valence-corrected chi connectivity index (χ3v) is 2.10. The summed E-state index contributed by atoms with van der Waals surface area (Å²) in [5.74, 6) is 0. The van der Waals surface area contributed by atoms with Crippen LogP contribution >= 0.6 is 0 Å². The van der Waals surface area contributed by atoms with E-state index in [9.17, 15) is 9.90 Å². The summed E-state index contributed by atoms with van der Waals surface area (Å²) in [6, 6.07) is 2.87. The Labute approximate surface area is 81.4 Å². The fourth-order valence-electron chi connectivity index (χ4n) is 1.19. The molecule has 1 atom stereocenters. The molecule has 0 saturated carbocycles. The zero-order valence-electron chi connectivity index (χ0n) is 7.97. The molecule has 0 aromatic carbocycles. The SMILES string of the molecule is Cc1c(N)ccc(=O)n1CC(O)CO. The van der Waals surface area contributed by atoms with Crippen LogP contribution < -0.4 is 11.3 Å². The van der Waals surface area contributed by atoms with Crippen molar-refractivity contribution in [2.75, 3.05) is 12.3 Å². The summed E-state index contributed by atoms with van der Waals surface area (Å²) in [7, 11) is 0. The summed E-state index contributed by atoms with van der Waals surface area (Å²) in [5, 5.41) is 17.9. The van der Waals surface area contributed by atoms with Crippen LogP contribution in [0.1, 0.15) is 5.69 Å². The van der Waals surface area contributed by atoms with Crippen molar-refractivity contribution in [2.24, 2.45) is 0 Å². The van der Waals surface area contributed by atoms with Crippen molar-refractivity contribution >= 4 is 5.69 Å². The van der Waals surface area contributed by atoms with E-state index in [-0.39, 0.29) is 18.7 Å². The first kappa shape index (κ1) is 10.7. The van der Waals surface area contributed by atoms with Gasteiger partial charge in [0.25, 0.3) is 5.56 Å². The molecule has 78 valence electrons. The average Bonchev–Trinajstić information content (AvgIpc) is 2.18. The number of anilines is 1. The minimum absolute atomic E-state index is 0.0617. The Morgan fingerprint density at radius 3 is 2.79 bits per heavy atom. The number of rotatable bonds is 3. The molecular weight excluding hydrogens is 184 g/mol. The van der Waals surface area contributed by atoms with Gasteiger partial charge in [-0.15, -0.1) is 0 Å². The van der Waals surface area contributed by atoms with Crippen molar-refractivity contribution in [3.63, 3.8) is 0 Å². The number of hydrogen-bond acceptors (Lipinski definition) is 4. The minimum Gasteiger partial charge on any atom is -0.397 e. The number of aromatic nitrogens is 1. The van der Waals surface area contributed by atoms with Crippen LogP contribution in [-0.4, -0.2) is 27.5 Å². The molecular formula is C9H14N2O3. The largest absolute Gasteiger partial charge is 0.397 e. The molecule has 1 aromatic rings. The lowest BCUT2D eigenvalue weighted by atomic mass is 10.3. The van der Waals surface area contributed by atoms with Gasteiger partial charge in [-0.3, -0.25) is 4.79 Å². The molecule has 0 aliphatic heterocycles. The van der Waals surface area contributed by atoms with Gasteiger partial charge in [-0.2, -0.15) is 0 Å². The lowest BCUT2D eigenvalue weighted by Gasteiger charge is -2.14. The zero-order valence-corrected chi connectivity index (χ0v) is 7.97. The molecule has 0 radical (unpaired) electrons. The second-order valence-electron chi connectivity index (χ2n) is 3.16. The van der Waals surface area contributed by atoms with E-state index in [4.69, 9.17) is 10.8 Å². The van der Waals surface area contributed by atoms with Crippen molar-refractivity contribution in [1.82, 2.24) is 4.57 Å². The van der Waals surface area contributed by atoms with Crippen LogP contribution in [0.3, 0.4) is 0 Å². The molecule has 5 nitrogen and oxygen atoms in total. The molecule has 1 rings (SSSR count). The lowest BCUT2D eigenvalue weighted by Crippen LogP contribution is -2.30. The zero-order chi connectivity index (χ0) is 10.7. The molecule has 0 fully saturated rings. The second-order valence-corrected chi connectivity index (χ2v) is 3.16. The van der Waals surface area contributed by atoms with E-state index in [1.54, 1.807) is 6.92 Å². The van der Waals surface area contributed by atoms with Gasteiger partial charge in [0.1, 0.15) is 0 Å².